The van der Waals surface area contributed by atoms with Gasteiger partial charge in [0, 0.05) is 7.05 Å². The molecule has 0 aliphatic carbocycles. The number of aryl methyl sites for hydroxylation is 1. The lowest BCUT2D eigenvalue weighted by molar-refractivity contribution is -0.758. The van der Waals surface area contributed by atoms with Crippen molar-refractivity contribution in [2.75, 3.05) is 40.0 Å². The van der Waals surface area contributed by atoms with Crippen LogP contribution in [-0.2, 0) is 35.1 Å². The lowest BCUT2D eigenvalue weighted by atomic mass is 10.0. The first-order valence-electron chi connectivity index (χ1n) is 11.2. The summed E-state index contributed by atoms with van der Waals surface area (Å²) in [5.41, 5.74) is 0.943. The third-order valence-corrected chi connectivity index (χ3v) is 5.38. The van der Waals surface area contributed by atoms with Crippen LogP contribution in [0.2, 0.25) is 0 Å². The van der Waals surface area contributed by atoms with Crippen molar-refractivity contribution in [1.82, 2.24) is 15.1 Å². The molecule has 1 heterocycles. The van der Waals surface area contributed by atoms with E-state index >= 15 is 0 Å². The molecule has 3 amide bonds. The van der Waals surface area contributed by atoms with Crippen molar-refractivity contribution < 1.29 is 43.7 Å². The zero-order valence-corrected chi connectivity index (χ0v) is 20.0. The van der Waals surface area contributed by atoms with Crippen molar-refractivity contribution in [2.24, 2.45) is 0 Å². The molecule has 1 aliphatic rings. The lowest BCUT2D eigenvalue weighted by Gasteiger charge is -2.26. The first kappa shape index (κ1) is 28.5. The summed E-state index contributed by atoms with van der Waals surface area (Å²) in [7, 11) is 1.42. The van der Waals surface area contributed by atoms with Crippen molar-refractivity contribution >= 4 is 23.9 Å². The van der Waals surface area contributed by atoms with Gasteiger partial charge in [0.1, 0.15) is 19.3 Å². The van der Waals surface area contributed by atoms with E-state index in [-0.39, 0.29) is 39.4 Å². The molecule has 1 fully saturated rings. The van der Waals surface area contributed by atoms with Crippen LogP contribution < -0.4 is 5.32 Å². The quantitative estimate of drug-likeness (QED) is 0.141. The Hall–Kier alpha value is -3.78. The number of hydrogen-bond acceptors (Lipinski definition) is 10. The average molecular weight is 511 g/mol. The van der Waals surface area contributed by atoms with Crippen LogP contribution >= 0.6 is 0 Å². The number of carboxylic acids is 1. The van der Waals surface area contributed by atoms with Crippen LogP contribution in [0.15, 0.2) is 30.3 Å². The van der Waals surface area contributed by atoms with Crippen LogP contribution in [0.3, 0.4) is 0 Å². The smallest absolute Gasteiger partial charge is 0.331 e. The predicted octanol–water partition coefficient (Wildman–Crippen LogP) is 0.0812. The maximum atomic E-state index is 13.1. The summed E-state index contributed by atoms with van der Waals surface area (Å²) in [4.78, 5) is 66.1. The largest absolute Gasteiger partial charge is 0.480 e. The van der Waals surface area contributed by atoms with Crippen molar-refractivity contribution in [3.63, 3.8) is 0 Å². The molecule has 1 aromatic rings. The van der Waals surface area contributed by atoms with E-state index in [0.29, 0.717) is 6.42 Å². The Balaban J connectivity index is 1.91. The number of esters is 1. The summed E-state index contributed by atoms with van der Waals surface area (Å²) in [5.74, 6) is -2.74. The van der Waals surface area contributed by atoms with Gasteiger partial charge in [0.05, 0.1) is 25.8 Å². The molecule has 14 nitrogen and oxygen atoms in total. The molecule has 1 aromatic carbocycles. The van der Waals surface area contributed by atoms with Gasteiger partial charge in [0.2, 0.25) is 5.91 Å². The van der Waals surface area contributed by atoms with Crippen molar-refractivity contribution in [2.45, 2.75) is 37.9 Å². The van der Waals surface area contributed by atoms with Crippen molar-refractivity contribution in [3.05, 3.63) is 46.0 Å². The van der Waals surface area contributed by atoms with Gasteiger partial charge in [-0.05, 0) is 25.3 Å². The molecular formula is C22H30N4O10. The van der Waals surface area contributed by atoms with E-state index in [2.05, 4.69) is 10.2 Å². The minimum atomic E-state index is -1.22. The zero-order valence-electron chi connectivity index (χ0n) is 20.0. The van der Waals surface area contributed by atoms with Crippen LogP contribution in [0.4, 0.5) is 4.79 Å². The van der Waals surface area contributed by atoms with Gasteiger partial charge in [-0.2, -0.15) is 0 Å². The summed E-state index contributed by atoms with van der Waals surface area (Å²) in [6.07, 6.45) is 0.676. The normalized spacial score (nSPS) is 16.9. The molecule has 1 aliphatic heterocycles. The first-order chi connectivity index (χ1) is 17.1. The van der Waals surface area contributed by atoms with Gasteiger partial charge >= 0.3 is 18.0 Å². The molecule has 3 atom stereocenters. The fraction of sp³-hybridized carbons (Fsp3) is 0.545. The molecule has 0 radical (unpaired) electrons. The van der Waals surface area contributed by atoms with Gasteiger partial charge in [-0.3, -0.25) is 14.9 Å². The number of aliphatic carboxylic acids is 1. The van der Waals surface area contributed by atoms with Crippen molar-refractivity contribution in [1.29, 1.82) is 0 Å². The number of carbonyl (C=O) groups excluding carboxylic acids is 3. The Morgan fingerprint density at radius 2 is 1.86 bits per heavy atom. The number of carbonyl (C=O) groups is 4. The SMILES string of the molecule is CC(NC(CCc1ccccc1)C(=O)O)C(=O)N1C(=O)N(C)CC1C(=O)OCCOCCO[N+](=O)[O-]. The fourth-order valence-electron chi connectivity index (χ4n) is 3.55. The first-order valence-corrected chi connectivity index (χ1v) is 11.2. The molecule has 0 aromatic heterocycles. The Labute approximate surface area is 207 Å². The molecular weight excluding hydrogens is 480 g/mol. The number of carboxylic acid groups (broad SMARTS) is 1. The van der Waals surface area contributed by atoms with Gasteiger partial charge < -0.3 is 24.3 Å². The molecule has 14 heteroatoms. The van der Waals surface area contributed by atoms with E-state index in [4.69, 9.17) is 9.47 Å². The highest BCUT2D eigenvalue weighted by Crippen LogP contribution is 2.18. The van der Waals surface area contributed by atoms with E-state index in [1.165, 1.54) is 18.9 Å². The Morgan fingerprint density at radius 3 is 2.50 bits per heavy atom. The standard InChI is InChI=1S/C22H30N4O10/c1-15(23-17(20(28)29)9-8-16-6-4-3-5-7-16)19(27)25-18(14-24(2)22(25)31)21(30)35-12-10-34-11-13-36-26(32)33/h3-7,15,17-18,23H,8-14H2,1-2H3,(H,28,29). The number of ether oxygens (including phenoxy) is 2. The summed E-state index contributed by atoms with van der Waals surface area (Å²) < 4.78 is 10.1. The topological polar surface area (TPSA) is 178 Å². The highest BCUT2D eigenvalue weighted by Gasteiger charge is 2.46. The van der Waals surface area contributed by atoms with Gasteiger partial charge in [-0.15, -0.1) is 10.1 Å². The number of urea groups is 1. The molecule has 1 saturated heterocycles. The van der Waals surface area contributed by atoms with Crippen LogP contribution in [0.1, 0.15) is 18.9 Å². The number of imide groups is 1. The number of rotatable bonds is 15. The fourth-order valence-corrected chi connectivity index (χ4v) is 3.55. The van der Waals surface area contributed by atoms with Crippen LogP contribution in [0.25, 0.3) is 0 Å². The van der Waals surface area contributed by atoms with E-state index in [1.54, 1.807) is 0 Å². The van der Waals surface area contributed by atoms with E-state index in [9.17, 15) is 34.4 Å². The Morgan fingerprint density at radius 1 is 1.19 bits per heavy atom. The second kappa shape index (κ2) is 13.9. The number of nitrogens with one attached hydrogen (secondary N) is 1. The third kappa shape index (κ3) is 8.46. The van der Waals surface area contributed by atoms with Gasteiger partial charge in [0.15, 0.2) is 6.04 Å². The van der Waals surface area contributed by atoms with Crippen molar-refractivity contribution in [3.8, 4) is 0 Å². The van der Waals surface area contributed by atoms with E-state index < -0.39 is 47.1 Å². The van der Waals surface area contributed by atoms with Crippen LogP contribution in [0, 0.1) is 10.1 Å². The summed E-state index contributed by atoms with van der Waals surface area (Å²) >= 11 is 0. The monoisotopic (exact) mass is 510 g/mol. The number of nitrogens with zero attached hydrogens (tertiary/aromatic N) is 3. The number of amides is 3. The molecule has 198 valence electrons. The molecule has 2 rings (SSSR count). The summed E-state index contributed by atoms with van der Waals surface area (Å²) in [6.45, 7) is 0.684. The van der Waals surface area contributed by atoms with Gasteiger partial charge in [-0.1, -0.05) is 30.3 Å². The van der Waals surface area contributed by atoms with E-state index in [0.717, 1.165) is 10.5 Å². The molecule has 0 bridgehead atoms. The molecule has 36 heavy (non-hydrogen) atoms. The summed E-state index contributed by atoms with van der Waals surface area (Å²) in [5, 5.41) is 21.4. The summed E-state index contributed by atoms with van der Waals surface area (Å²) in [6, 6.07) is 5.22. The second-order valence-electron chi connectivity index (χ2n) is 8.03. The molecule has 3 unspecified atom stereocenters. The lowest BCUT2D eigenvalue weighted by Crippen LogP contribution is -2.54. The number of likely N-dealkylation sites (N-methyl/N-ethyl adjacent to an activating group) is 1. The Kier molecular flexibility index (Phi) is 11.0. The zero-order chi connectivity index (χ0) is 26.7. The molecule has 2 N–H and O–H groups in total. The highest BCUT2D eigenvalue weighted by atomic mass is 17.0. The Bertz CT molecular complexity index is 929. The second-order valence-corrected chi connectivity index (χ2v) is 8.03. The van der Waals surface area contributed by atoms with Crippen LogP contribution in [0.5, 0.6) is 0 Å². The predicted molar refractivity (Wildman–Crippen MR) is 122 cm³/mol. The highest BCUT2D eigenvalue weighted by molar-refractivity contribution is 6.03. The minimum absolute atomic E-state index is 0.0725. The molecule has 0 spiro atoms. The number of benzene rings is 1. The average Bonchev–Trinajstić information content (AvgIpc) is 3.14. The van der Waals surface area contributed by atoms with Gasteiger partial charge in [0.25, 0.3) is 5.09 Å². The maximum Gasteiger partial charge on any atom is 0.331 e. The van der Waals surface area contributed by atoms with E-state index in [1.807, 2.05) is 30.3 Å². The molecule has 0 saturated carbocycles. The minimum Gasteiger partial charge on any atom is -0.480 e. The van der Waals surface area contributed by atoms with Crippen LogP contribution in [-0.4, -0.2) is 102 Å². The van der Waals surface area contributed by atoms with Gasteiger partial charge in [-0.25, -0.2) is 14.5 Å². The number of hydrogen-bond donors (Lipinski definition) is 2. The maximum absolute atomic E-state index is 13.1. The third-order valence-electron chi connectivity index (χ3n) is 5.38.